The van der Waals surface area contributed by atoms with Gasteiger partial charge in [0.15, 0.2) is 0 Å². The van der Waals surface area contributed by atoms with Crippen LogP contribution in [0.3, 0.4) is 0 Å². The summed E-state index contributed by atoms with van der Waals surface area (Å²) in [4.78, 5) is 2.69. The Kier molecular flexibility index (Phi) is 2.89. The Hall–Kier alpha value is -0.0800. The van der Waals surface area contributed by atoms with Gasteiger partial charge in [-0.05, 0) is 44.6 Å². The number of rotatable bonds is 4. The second-order valence-electron chi connectivity index (χ2n) is 4.58. The molecule has 2 unspecified atom stereocenters. The van der Waals surface area contributed by atoms with Crippen molar-refractivity contribution in [1.29, 1.82) is 0 Å². The molecule has 1 saturated carbocycles. The highest BCUT2D eigenvalue weighted by molar-refractivity contribution is 4.93. The van der Waals surface area contributed by atoms with Gasteiger partial charge in [-0.2, -0.15) is 0 Å². The van der Waals surface area contributed by atoms with E-state index in [0.717, 1.165) is 18.5 Å². The summed E-state index contributed by atoms with van der Waals surface area (Å²) >= 11 is 0. The predicted octanol–water partition coefficient (Wildman–Crippen LogP) is 1.60. The highest BCUT2D eigenvalue weighted by Crippen LogP contribution is 2.39. The van der Waals surface area contributed by atoms with Gasteiger partial charge in [-0.25, -0.2) is 0 Å². The minimum absolute atomic E-state index is 0.700. The van der Waals surface area contributed by atoms with E-state index < -0.39 is 0 Å². The minimum atomic E-state index is 0.700. The summed E-state index contributed by atoms with van der Waals surface area (Å²) in [5, 5.41) is 0. The molecule has 13 heavy (non-hydrogen) atoms. The van der Waals surface area contributed by atoms with Crippen LogP contribution in [0.2, 0.25) is 0 Å². The first-order chi connectivity index (χ1) is 6.36. The lowest BCUT2D eigenvalue weighted by Crippen LogP contribution is -2.43. The van der Waals surface area contributed by atoms with Crippen molar-refractivity contribution in [2.45, 2.75) is 51.1 Å². The summed E-state index contributed by atoms with van der Waals surface area (Å²) < 4.78 is 0. The lowest BCUT2D eigenvalue weighted by molar-refractivity contribution is 0.159. The summed E-state index contributed by atoms with van der Waals surface area (Å²) in [6.45, 7) is 4.50. The Morgan fingerprint density at radius 2 is 2.15 bits per heavy atom. The molecule has 1 aliphatic carbocycles. The van der Waals surface area contributed by atoms with E-state index in [9.17, 15) is 0 Å². The van der Waals surface area contributed by atoms with E-state index in [0.29, 0.717) is 6.04 Å². The number of hydrogen-bond donors (Lipinski definition) is 1. The third-order valence-electron chi connectivity index (χ3n) is 3.71. The highest BCUT2D eigenvalue weighted by Gasteiger charge is 2.38. The Morgan fingerprint density at radius 3 is 2.69 bits per heavy atom. The summed E-state index contributed by atoms with van der Waals surface area (Å²) in [5.41, 5.74) is 5.80. The van der Waals surface area contributed by atoms with E-state index >= 15 is 0 Å². The maximum atomic E-state index is 5.80. The highest BCUT2D eigenvalue weighted by atomic mass is 15.2. The van der Waals surface area contributed by atoms with E-state index in [1.54, 1.807) is 0 Å². The van der Waals surface area contributed by atoms with Gasteiger partial charge in [-0.3, -0.25) is 4.90 Å². The van der Waals surface area contributed by atoms with Crippen LogP contribution >= 0.6 is 0 Å². The van der Waals surface area contributed by atoms with Gasteiger partial charge < -0.3 is 5.73 Å². The summed E-state index contributed by atoms with van der Waals surface area (Å²) in [5.74, 6) is 1.01. The summed E-state index contributed by atoms with van der Waals surface area (Å²) in [6.07, 6.45) is 6.95. The van der Waals surface area contributed by atoms with Crippen molar-refractivity contribution in [1.82, 2.24) is 4.90 Å². The second-order valence-corrected chi connectivity index (χ2v) is 4.58. The van der Waals surface area contributed by atoms with Crippen LogP contribution < -0.4 is 5.73 Å². The zero-order chi connectivity index (χ0) is 9.26. The van der Waals surface area contributed by atoms with Crippen molar-refractivity contribution in [2.75, 3.05) is 13.1 Å². The van der Waals surface area contributed by atoms with Gasteiger partial charge in [0.25, 0.3) is 0 Å². The number of nitrogens with zero attached hydrogens (tertiary/aromatic N) is 1. The molecule has 2 rings (SSSR count). The zero-order valence-corrected chi connectivity index (χ0v) is 8.71. The smallest absolute Gasteiger partial charge is 0.0221 e. The first-order valence-electron chi connectivity index (χ1n) is 5.82. The molecule has 1 saturated heterocycles. The van der Waals surface area contributed by atoms with Gasteiger partial charge in [-0.1, -0.05) is 6.92 Å². The third-order valence-corrected chi connectivity index (χ3v) is 3.71. The van der Waals surface area contributed by atoms with Gasteiger partial charge in [0.1, 0.15) is 0 Å². The maximum Gasteiger partial charge on any atom is 0.0221 e. The Morgan fingerprint density at radius 1 is 1.38 bits per heavy atom. The fraction of sp³-hybridized carbons (Fsp3) is 1.00. The van der Waals surface area contributed by atoms with Crippen molar-refractivity contribution in [3.8, 4) is 0 Å². The Bertz CT molecular complexity index is 165. The molecule has 2 N–H and O–H groups in total. The molecule has 0 spiro atoms. The van der Waals surface area contributed by atoms with Crippen LogP contribution in [0.1, 0.15) is 39.0 Å². The molecule has 2 nitrogen and oxygen atoms in total. The first kappa shape index (κ1) is 9.47. The van der Waals surface area contributed by atoms with E-state index in [2.05, 4.69) is 11.8 Å². The molecule has 2 fully saturated rings. The molecule has 0 aromatic carbocycles. The van der Waals surface area contributed by atoms with Gasteiger partial charge >= 0.3 is 0 Å². The predicted molar refractivity (Wildman–Crippen MR) is 55.6 cm³/mol. The largest absolute Gasteiger partial charge is 0.329 e. The Balaban J connectivity index is 1.95. The van der Waals surface area contributed by atoms with Crippen LogP contribution in [0.4, 0.5) is 0 Å². The second kappa shape index (κ2) is 3.97. The van der Waals surface area contributed by atoms with Crippen LogP contribution in [-0.2, 0) is 0 Å². The van der Waals surface area contributed by atoms with Crippen molar-refractivity contribution in [3.05, 3.63) is 0 Å². The van der Waals surface area contributed by atoms with E-state index in [-0.39, 0.29) is 0 Å². The van der Waals surface area contributed by atoms with Crippen LogP contribution in [0.5, 0.6) is 0 Å². The van der Waals surface area contributed by atoms with E-state index in [4.69, 9.17) is 5.73 Å². The average Bonchev–Trinajstić information content (AvgIpc) is 2.86. The monoisotopic (exact) mass is 182 g/mol. The molecule has 0 amide bonds. The lowest BCUT2D eigenvalue weighted by Gasteiger charge is -2.32. The molecule has 1 heterocycles. The quantitative estimate of drug-likeness (QED) is 0.715. The van der Waals surface area contributed by atoms with Crippen LogP contribution in [0.15, 0.2) is 0 Å². The summed E-state index contributed by atoms with van der Waals surface area (Å²) in [6, 6.07) is 1.56. The van der Waals surface area contributed by atoms with Gasteiger partial charge in [0, 0.05) is 18.6 Å². The average molecular weight is 182 g/mol. The number of likely N-dealkylation sites (tertiary alicyclic amines) is 1. The molecule has 2 atom stereocenters. The number of hydrogen-bond acceptors (Lipinski definition) is 2. The van der Waals surface area contributed by atoms with Crippen molar-refractivity contribution in [2.24, 2.45) is 11.7 Å². The van der Waals surface area contributed by atoms with E-state index in [1.807, 2.05) is 0 Å². The molecule has 1 aliphatic heterocycles. The molecule has 0 bridgehead atoms. The van der Waals surface area contributed by atoms with E-state index in [1.165, 1.54) is 38.6 Å². The molecule has 2 aliphatic rings. The fourth-order valence-electron chi connectivity index (χ4n) is 2.87. The van der Waals surface area contributed by atoms with Crippen molar-refractivity contribution in [3.63, 3.8) is 0 Å². The SMILES string of the molecule is CCC(C1CC1)N1CCCC1CN. The molecule has 0 radical (unpaired) electrons. The minimum Gasteiger partial charge on any atom is -0.329 e. The normalized spacial score (nSPS) is 32.3. The zero-order valence-electron chi connectivity index (χ0n) is 8.71. The van der Waals surface area contributed by atoms with Crippen molar-refractivity contribution >= 4 is 0 Å². The third kappa shape index (κ3) is 1.89. The van der Waals surface area contributed by atoms with Crippen LogP contribution in [0.25, 0.3) is 0 Å². The van der Waals surface area contributed by atoms with Gasteiger partial charge in [0.05, 0.1) is 0 Å². The molecular weight excluding hydrogens is 160 g/mol. The first-order valence-corrected chi connectivity index (χ1v) is 5.82. The molecule has 0 aromatic heterocycles. The number of nitrogens with two attached hydrogens (primary N) is 1. The van der Waals surface area contributed by atoms with Crippen LogP contribution in [-0.4, -0.2) is 30.1 Å². The standard InChI is InChI=1S/C11H22N2/c1-2-11(9-5-6-9)13-7-3-4-10(13)8-12/h9-11H,2-8,12H2,1H3. The Labute approximate surface area is 81.5 Å². The lowest BCUT2D eigenvalue weighted by atomic mass is 10.1. The topological polar surface area (TPSA) is 29.3 Å². The summed E-state index contributed by atoms with van der Waals surface area (Å²) in [7, 11) is 0. The molecule has 2 heteroatoms. The molecule has 76 valence electrons. The maximum absolute atomic E-state index is 5.80. The van der Waals surface area contributed by atoms with Gasteiger partial charge in [0.2, 0.25) is 0 Å². The molecule has 0 aromatic rings. The van der Waals surface area contributed by atoms with Crippen LogP contribution in [0, 0.1) is 5.92 Å². The van der Waals surface area contributed by atoms with Crippen molar-refractivity contribution < 1.29 is 0 Å². The molecular formula is C11H22N2. The fourth-order valence-corrected chi connectivity index (χ4v) is 2.87. The van der Waals surface area contributed by atoms with Gasteiger partial charge in [-0.15, -0.1) is 0 Å².